The molecule has 0 aromatic rings. The molecule has 0 heterocycles. The van der Waals surface area contributed by atoms with Crippen LogP contribution in [0.2, 0.25) is 0 Å². The van der Waals surface area contributed by atoms with Crippen LogP contribution in [0.25, 0.3) is 0 Å². The molecule has 2 N–H and O–H groups in total. The summed E-state index contributed by atoms with van der Waals surface area (Å²) in [4.78, 5) is 28.4. The van der Waals surface area contributed by atoms with E-state index in [-0.39, 0.29) is 24.9 Å². The number of carboxylic acid groups (broad SMARTS) is 2. The Morgan fingerprint density at radius 1 is 0.821 bits per heavy atom. The number of aliphatic carboxylic acids is 2. The minimum Gasteiger partial charge on any atom is -0.481 e. The first kappa shape index (κ1) is 27.0. The van der Waals surface area contributed by atoms with Crippen molar-refractivity contribution in [1.29, 1.82) is 0 Å². The number of carbonyl (C=O) groups is 2. The van der Waals surface area contributed by atoms with Gasteiger partial charge in [-0.2, -0.15) is 0 Å². The van der Waals surface area contributed by atoms with Crippen LogP contribution in [0.15, 0.2) is 0 Å². The third-order valence-electron chi connectivity index (χ3n) is 4.95. The summed E-state index contributed by atoms with van der Waals surface area (Å²) in [5.41, 5.74) is 0. The molecule has 2 atom stereocenters. The van der Waals surface area contributed by atoms with Crippen LogP contribution in [-0.4, -0.2) is 108 Å². The highest BCUT2D eigenvalue weighted by Gasteiger charge is 2.21. The Hall–Kier alpha value is -0.950. The second kappa shape index (κ2) is 13.3. The summed E-state index contributed by atoms with van der Waals surface area (Å²) in [5.74, 6) is -1.61. The second-order valence-electron chi connectivity index (χ2n) is 7.98. The van der Waals surface area contributed by atoms with Gasteiger partial charge in [0.15, 0.2) is 0 Å². The maximum atomic E-state index is 12.4. The lowest BCUT2D eigenvalue weighted by Gasteiger charge is -2.33. The minimum atomic E-state index is -2.25. The van der Waals surface area contributed by atoms with E-state index in [0.717, 1.165) is 13.1 Å². The maximum absolute atomic E-state index is 12.4. The predicted molar refractivity (Wildman–Crippen MR) is 114 cm³/mol. The van der Waals surface area contributed by atoms with Gasteiger partial charge in [-0.3, -0.25) is 24.3 Å². The number of carboxylic acids is 2. The molecule has 8 nitrogen and oxygen atoms in total. The van der Waals surface area contributed by atoms with Gasteiger partial charge < -0.3 is 14.8 Å². The summed E-state index contributed by atoms with van der Waals surface area (Å²) >= 11 is 0. The minimum absolute atomic E-state index is 0.0536. The van der Waals surface area contributed by atoms with Gasteiger partial charge in [0.25, 0.3) is 0 Å². The third kappa shape index (κ3) is 12.5. The normalized spacial score (nSPS) is 14.6. The number of likely N-dealkylation sites (N-methyl/N-ethyl adjacent to an activating group) is 2. The number of nitrogens with zero attached hydrogens (tertiary/aromatic N) is 3. The van der Waals surface area contributed by atoms with Crippen LogP contribution < -0.4 is 0 Å². The molecule has 0 rings (SSSR count). The van der Waals surface area contributed by atoms with Gasteiger partial charge in [-0.05, 0) is 40.3 Å². The molecule has 0 aromatic carbocycles. The zero-order valence-corrected chi connectivity index (χ0v) is 19.3. The Morgan fingerprint density at radius 2 is 1.18 bits per heavy atom. The van der Waals surface area contributed by atoms with Crippen molar-refractivity contribution in [3.05, 3.63) is 0 Å². The highest BCUT2D eigenvalue weighted by atomic mass is 31.2. The maximum Gasteiger partial charge on any atom is 0.304 e. The van der Waals surface area contributed by atoms with E-state index in [1.165, 1.54) is 0 Å². The molecule has 0 spiro atoms. The van der Waals surface area contributed by atoms with Crippen LogP contribution in [-0.2, 0) is 14.2 Å². The van der Waals surface area contributed by atoms with Gasteiger partial charge >= 0.3 is 11.9 Å². The van der Waals surface area contributed by atoms with Gasteiger partial charge in [0.2, 0.25) is 0 Å². The first-order chi connectivity index (χ1) is 12.9. The van der Waals surface area contributed by atoms with Crippen molar-refractivity contribution in [2.75, 3.05) is 58.9 Å². The summed E-state index contributed by atoms with van der Waals surface area (Å²) in [5, 5.41) is 18.0. The highest BCUT2D eigenvalue weighted by Crippen LogP contribution is 2.36. The zero-order chi connectivity index (χ0) is 21.9. The molecule has 0 aliphatic carbocycles. The molecule has 0 bridgehead atoms. The standard InChI is InChI=1S/C19H40N3O5P/c1-7-21(16(3)13-18(23)24)11-9-20(15-28(5,6)27)10-12-22(8-2)17(4)14-19(25)26/h16-17H,7-15H2,1-6H3,(H,23,24)(H,25,26). The lowest BCUT2D eigenvalue weighted by molar-refractivity contribution is -0.139. The fourth-order valence-electron chi connectivity index (χ4n) is 3.42. The zero-order valence-electron chi connectivity index (χ0n) is 18.4. The van der Waals surface area contributed by atoms with Crippen molar-refractivity contribution >= 4 is 19.1 Å². The van der Waals surface area contributed by atoms with Crippen molar-refractivity contribution in [1.82, 2.24) is 14.7 Å². The molecule has 0 saturated carbocycles. The SMILES string of the molecule is CCN(CCN(CCN(CC)C(C)CC(=O)O)CP(C)(C)=O)C(C)CC(=O)O. The van der Waals surface area contributed by atoms with Crippen molar-refractivity contribution < 1.29 is 24.4 Å². The van der Waals surface area contributed by atoms with Crippen LogP contribution in [0.3, 0.4) is 0 Å². The van der Waals surface area contributed by atoms with Gasteiger partial charge in [-0.1, -0.05) is 13.8 Å². The summed E-state index contributed by atoms with van der Waals surface area (Å²) in [7, 11) is -2.25. The second-order valence-corrected chi connectivity index (χ2v) is 11.4. The molecule has 0 aromatic heterocycles. The molecule has 0 aliphatic rings. The lowest BCUT2D eigenvalue weighted by atomic mass is 10.2. The van der Waals surface area contributed by atoms with E-state index in [0.29, 0.717) is 32.5 Å². The van der Waals surface area contributed by atoms with Crippen LogP contribution in [0.1, 0.15) is 40.5 Å². The highest BCUT2D eigenvalue weighted by molar-refractivity contribution is 7.62. The predicted octanol–water partition coefficient (Wildman–Crippen LogP) is 2.24. The molecular formula is C19H40N3O5P. The summed E-state index contributed by atoms with van der Waals surface area (Å²) in [6, 6.07) is -0.107. The van der Waals surface area contributed by atoms with Gasteiger partial charge in [0.05, 0.1) is 26.3 Å². The topological polar surface area (TPSA) is 101 Å². The first-order valence-corrected chi connectivity index (χ1v) is 12.9. The molecule has 0 radical (unpaired) electrons. The van der Waals surface area contributed by atoms with E-state index in [1.54, 1.807) is 13.3 Å². The number of rotatable bonds is 16. The van der Waals surface area contributed by atoms with Crippen molar-refractivity contribution in [2.24, 2.45) is 0 Å². The van der Waals surface area contributed by atoms with Gasteiger partial charge in [0.1, 0.15) is 0 Å². The summed E-state index contributed by atoms with van der Waals surface area (Å²) in [6.07, 6.45) is 0.705. The van der Waals surface area contributed by atoms with Crippen LogP contribution in [0.5, 0.6) is 0 Å². The van der Waals surface area contributed by atoms with Crippen LogP contribution in [0, 0.1) is 0 Å². The smallest absolute Gasteiger partial charge is 0.304 e. The van der Waals surface area contributed by atoms with E-state index in [1.807, 2.05) is 27.7 Å². The van der Waals surface area contributed by atoms with Gasteiger partial charge in [-0.15, -0.1) is 0 Å². The fraction of sp³-hybridized carbons (Fsp3) is 0.895. The van der Waals surface area contributed by atoms with E-state index in [2.05, 4.69) is 14.7 Å². The molecule has 2 unspecified atom stereocenters. The molecule has 0 fully saturated rings. The molecule has 0 amide bonds. The average Bonchev–Trinajstić information content (AvgIpc) is 2.52. The Kier molecular flexibility index (Phi) is 12.9. The van der Waals surface area contributed by atoms with Crippen LogP contribution >= 0.6 is 7.14 Å². The molecule has 9 heteroatoms. The largest absolute Gasteiger partial charge is 0.481 e. The van der Waals surface area contributed by atoms with E-state index < -0.39 is 19.1 Å². The average molecular weight is 422 g/mol. The lowest BCUT2D eigenvalue weighted by Crippen LogP contribution is -2.44. The van der Waals surface area contributed by atoms with Gasteiger partial charge in [-0.25, -0.2) is 0 Å². The molecule has 0 aliphatic heterocycles. The molecule has 0 saturated heterocycles. The molecule has 166 valence electrons. The van der Waals surface area contributed by atoms with Crippen molar-refractivity contribution in [3.63, 3.8) is 0 Å². The summed E-state index contributed by atoms with van der Waals surface area (Å²) in [6.45, 7) is 15.7. The van der Waals surface area contributed by atoms with Crippen molar-refractivity contribution in [3.8, 4) is 0 Å². The van der Waals surface area contributed by atoms with E-state index >= 15 is 0 Å². The van der Waals surface area contributed by atoms with Gasteiger partial charge in [0, 0.05) is 38.3 Å². The third-order valence-corrected chi connectivity index (χ3v) is 6.03. The molecular weight excluding hydrogens is 381 g/mol. The summed E-state index contributed by atoms with van der Waals surface area (Å²) < 4.78 is 12.4. The number of hydrogen-bond acceptors (Lipinski definition) is 6. The first-order valence-electron chi connectivity index (χ1n) is 10.1. The Bertz CT molecular complexity index is 492. The monoisotopic (exact) mass is 421 g/mol. The Labute approximate surface area is 170 Å². The number of hydrogen-bond donors (Lipinski definition) is 2. The Morgan fingerprint density at radius 3 is 1.43 bits per heavy atom. The Balaban J connectivity index is 4.91. The quantitative estimate of drug-likeness (QED) is 0.366. The van der Waals surface area contributed by atoms with E-state index in [9.17, 15) is 14.2 Å². The van der Waals surface area contributed by atoms with Crippen molar-refractivity contribution in [2.45, 2.75) is 52.6 Å². The molecule has 28 heavy (non-hydrogen) atoms. The van der Waals surface area contributed by atoms with E-state index in [4.69, 9.17) is 10.2 Å². The fourth-order valence-corrected chi connectivity index (χ4v) is 4.66. The van der Waals surface area contributed by atoms with Crippen LogP contribution in [0.4, 0.5) is 0 Å².